The third-order valence-corrected chi connectivity index (χ3v) is 6.86. The molecule has 5 rings (SSSR count). The molecule has 4 aromatic rings. The number of morpholine rings is 1. The first-order valence-corrected chi connectivity index (χ1v) is 12.3. The predicted molar refractivity (Wildman–Crippen MR) is 135 cm³/mol. The van der Waals surface area contributed by atoms with Gasteiger partial charge in [0.2, 0.25) is 0 Å². The molecular weight excluding hydrogens is 488 g/mol. The van der Waals surface area contributed by atoms with Crippen molar-refractivity contribution in [1.29, 1.82) is 0 Å². The Balaban J connectivity index is 0.00000304. The Morgan fingerprint density at radius 3 is 2.53 bits per heavy atom. The van der Waals surface area contributed by atoms with Gasteiger partial charge in [-0.15, -0.1) is 0 Å². The first kappa shape index (κ1) is 25.5. The summed E-state index contributed by atoms with van der Waals surface area (Å²) in [7, 11) is -1.93. The molecule has 3 atom stereocenters. The van der Waals surface area contributed by atoms with Crippen LogP contribution in [0, 0.1) is 11.6 Å². The van der Waals surface area contributed by atoms with E-state index in [-0.39, 0.29) is 22.6 Å². The molecular formula is C25H25F2N5O3S. The topological polar surface area (TPSA) is 112 Å². The number of hydrogen-bond donors (Lipinski definition) is 1. The van der Waals surface area contributed by atoms with Crippen LogP contribution in [0.5, 0.6) is 0 Å². The minimum absolute atomic E-state index is 0. The molecule has 0 amide bonds. The summed E-state index contributed by atoms with van der Waals surface area (Å²) in [6.45, 7) is 5.55. The molecule has 1 fully saturated rings. The zero-order chi connectivity index (χ0) is 24.5. The van der Waals surface area contributed by atoms with Crippen molar-refractivity contribution in [3.63, 3.8) is 0 Å². The Hall–Kier alpha value is -3.54. The van der Waals surface area contributed by atoms with Crippen LogP contribution in [0.3, 0.4) is 0 Å². The van der Waals surface area contributed by atoms with Crippen LogP contribution < -0.4 is 9.62 Å². The molecule has 1 aliphatic rings. The number of hydrogen-bond acceptors (Lipinski definition) is 6. The second kappa shape index (κ2) is 10.6. The van der Waals surface area contributed by atoms with Crippen LogP contribution in [0.25, 0.3) is 22.0 Å². The SMILES string of the molecule is C[C@@H]1CN(c2ncnc3ccc(-c4cncc(NS(=O)c5ccc(F)cc5F)c4)cc23)C[C@H](C)O1.O. The summed E-state index contributed by atoms with van der Waals surface area (Å²) >= 11 is 0. The fraction of sp³-hybridized carbons (Fsp3) is 0.240. The Morgan fingerprint density at radius 2 is 1.78 bits per heavy atom. The Kier molecular flexibility index (Phi) is 7.53. The molecule has 3 N–H and O–H groups in total. The lowest BCUT2D eigenvalue weighted by atomic mass is 10.0. The van der Waals surface area contributed by atoms with Gasteiger partial charge in [0.25, 0.3) is 0 Å². The smallest absolute Gasteiger partial charge is 0.153 e. The average Bonchev–Trinajstić information content (AvgIpc) is 2.83. The lowest BCUT2D eigenvalue weighted by molar-refractivity contribution is -0.00537. The quantitative estimate of drug-likeness (QED) is 0.433. The number of nitrogens with one attached hydrogen (secondary N) is 1. The molecule has 0 radical (unpaired) electrons. The van der Waals surface area contributed by atoms with E-state index >= 15 is 0 Å². The second-order valence-electron chi connectivity index (χ2n) is 8.50. The highest BCUT2D eigenvalue weighted by Gasteiger charge is 2.24. The molecule has 1 saturated heterocycles. The standard InChI is InChI=1S/C25H23F2N5O2S.H2O/c1-15-12-32(13-16(2)34-15)25-21-8-17(3-5-23(21)29-14-30-25)18-7-20(11-28-10-18)31-35(33)24-6-4-19(26)9-22(24)27;/h3-11,14-16,31H,12-13H2,1-2H3;1H2/t15-,16+,35?;. The maximum atomic E-state index is 14.0. The van der Waals surface area contributed by atoms with Gasteiger partial charge in [-0.3, -0.25) is 9.71 Å². The second-order valence-corrected chi connectivity index (χ2v) is 9.68. The average molecular weight is 514 g/mol. The molecule has 0 bridgehead atoms. The molecule has 2 aromatic carbocycles. The van der Waals surface area contributed by atoms with Crippen LogP contribution in [-0.2, 0) is 15.7 Å². The van der Waals surface area contributed by atoms with Crippen molar-refractivity contribution in [2.45, 2.75) is 31.0 Å². The Morgan fingerprint density at radius 1 is 1.00 bits per heavy atom. The van der Waals surface area contributed by atoms with E-state index in [1.165, 1.54) is 6.20 Å². The summed E-state index contributed by atoms with van der Waals surface area (Å²) < 4.78 is 48.4. The highest BCUT2D eigenvalue weighted by molar-refractivity contribution is 7.86. The molecule has 36 heavy (non-hydrogen) atoms. The van der Waals surface area contributed by atoms with E-state index in [1.54, 1.807) is 18.6 Å². The number of fused-ring (bicyclic) bond motifs is 1. The molecule has 0 saturated carbocycles. The van der Waals surface area contributed by atoms with Crippen molar-refractivity contribution in [2.24, 2.45) is 0 Å². The van der Waals surface area contributed by atoms with Gasteiger partial charge in [-0.25, -0.2) is 23.0 Å². The maximum absolute atomic E-state index is 14.0. The van der Waals surface area contributed by atoms with Crippen molar-refractivity contribution >= 4 is 33.4 Å². The molecule has 8 nitrogen and oxygen atoms in total. The van der Waals surface area contributed by atoms with E-state index in [1.807, 2.05) is 32.0 Å². The van der Waals surface area contributed by atoms with Crippen LogP contribution in [0.2, 0.25) is 0 Å². The third kappa shape index (κ3) is 5.32. The van der Waals surface area contributed by atoms with Crippen molar-refractivity contribution in [3.05, 3.63) is 72.8 Å². The summed E-state index contributed by atoms with van der Waals surface area (Å²) in [5, 5.41) is 0.904. The van der Waals surface area contributed by atoms with Crippen LogP contribution >= 0.6 is 0 Å². The van der Waals surface area contributed by atoms with E-state index in [2.05, 4.69) is 24.6 Å². The van der Waals surface area contributed by atoms with Crippen LogP contribution in [-0.4, -0.2) is 49.9 Å². The Bertz CT molecular complexity index is 1410. The van der Waals surface area contributed by atoms with E-state index < -0.39 is 22.6 Å². The monoisotopic (exact) mass is 513 g/mol. The third-order valence-electron chi connectivity index (χ3n) is 5.71. The van der Waals surface area contributed by atoms with Crippen molar-refractivity contribution in [3.8, 4) is 11.1 Å². The van der Waals surface area contributed by atoms with Gasteiger partial charge in [-0.2, -0.15) is 0 Å². The Labute approximate surface area is 209 Å². The lowest BCUT2D eigenvalue weighted by Gasteiger charge is -2.36. The predicted octanol–water partition coefficient (Wildman–Crippen LogP) is 3.89. The van der Waals surface area contributed by atoms with Crippen LogP contribution in [0.15, 0.2) is 66.1 Å². The molecule has 2 aromatic heterocycles. The highest BCUT2D eigenvalue weighted by atomic mass is 32.2. The largest absolute Gasteiger partial charge is 0.412 e. The number of ether oxygens (including phenoxy) is 1. The van der Waals surface area contributed by atoms with Gasteiger partial charge < -0.3 is 15.1 Å². The number of pyridine rings is 1. The zero-order valence-electron chi connectivity index (χ0n) is 19.6. The molecule has 0 spiro atoms. The number of rotatable bonds is 5. The molecule has 0 aliphatic carbocycles. The maximum Gasteiger partial charge on any atom is 0.153 e. The zero-order valence-corrected chi connectivity index (χ0v) is 20.4. The van der Waals surface area contributed by atoms with Crippen molar-refractivity contribution in [1.82, 2.24) is 15.0 Å². The van der Waals surface area contributed by atoms with Gasteiger partial charge >= 0.3 is 0 Å². The van der Waals surface area contributed by atoms with E-state index in [9.17, 15) is 13.0 Å². The molecule has 1 aliphatic heterocycles. The first-order chi connectivity index (χ1) is 16.9. The summed E-state index contributed by atoms with van der Waals surface area (Å²) in [5.41, 5.74) is 2.90. The molecule has 1 unspecified atom stereocenters. The number of halogens is 2. The van der Waals surface area contributed by atoms with Crippen LogP contribution in [0.4, 0.5) is 20.3 Å². The normalized spacial score (nSPS) is 18.5. The highest BCUT2D eigenvalue weighted by Crippen LogP contribution is 2.31. The molecule has 188 valence electrons. The first-order valence-electron chi connectivity index (χ1n) is 11.1. The fourth-order valence-corrected chi connectivity index (χ4v) is 5.13. The number of anilines is 2. The van der Waals surface area contributed by atoms with E-state index in [0.29, 0.717) is 11.8 Å². The van der Waals surface area contributed by atoms with Gasteiger partial charge in [0.1, 0.15) is 23.8 Å². The number of benzene rings is 2. The van der Waals surface area contributed by atoms with E-state index in [4.69, 9.17) is 4.74 Å². The lowest BCUT2D eigenvalue weighted by Crippen LogP contribution is -2.45. The van der Waals surface area contributed by atoms with Crippen molar-refractivity contribution < 1.29 is 23.2 Å². The summed E-state index contributed by atoms with van der Waals surface area (Å²) in [6, 6.07) is 10.6. The summed E-state index contributed by atoms with van der Waals surface area (Å²) in [4.78, 5) is 15.3. The van der Waals surface area contributed by atoms with Gasteiger partial charge in [0.15, 0.2) is 11.0 Å². The number of aromatic nitrogens is 3. The van der Waals surface area contributed by atoms with E-state index in [0.717, 1.165) is 53.1 Å². The van der Waals surface area contributed by atoms with Gasteiger partial charge in [-0.05, 0) is 49.7 Å². The van der Waals surface area contributed by atoms with Gasteiger partial charge in [0.05, 0.1) is 34.5 Å². The van der Waals surface area contributed by atoms with Gasteiger partial charge in [0, 0.05) is 36.3 Å². The fourth-order valence-electron chi connectivity index (χ4n) is 4.27. The minimum atomic E-state index is -1.93. The minimum Gasteiger partial charge on any atom is -0.412 e. The summed E-state index contributed by atoms with van der Waals surface area (Å²) in [5.74, 6) is -0.768. The van der Waals surface area contributed by atoms with Crippen LogP contribution in [0.1, 0.15) is 13.8 Å². The molecule has 3 heterocycles. The number of nitrogens with zero attached hydrogens (tertiary/aromatic N) is 4. The van der Waals surface area contributed by atoms with Gasteiger partial charge in [-0.1, -0.05) is 6.07 Å². The van der Waals surface area contributed by atoms with Crippen molar-refractivity contribution in [2.75, 3.05) is 22.7 Å². The molecule has 11 heteroatoms. The summed E-state index contributed by atoms with van der Waals surface area (Å²) in [6.07, 6.45) is 4.93.